The molecule has 4 nitrogen and oxygen atoms in total. The molecule has 0 N–H and O–H groups in total. The molecular formula is C17H24N2O2. The molecule has 0 amide bonds. The van der Waals surface area contributed by atoms with Crippen molar-refractivity contribution in [1.82, 2.24) is 4.90 Å². The van der Waals surface area contributed by atoms with Crippen LogP contribution >= 0.6 is 0 Å². The van der Waals surface area contributed by atoms with Gasteiger partial charge in [0.15, 0.2) is 11.5 Å². The van der Waals surface area contributed by atoms with Gasteiger partial charge in [-0.15, -0.1) is 0 Å². The van der Waals surface area contributed by atoms with E-state index in [1.54, 1.807) is 0 Å². The van der Waals surface area contributed by atoms with E-state index >= 15 is 0 Å². The average Bonchev–Trinajstić information content (AvgIpc) is 3.01. The van der Waals surface area contributed by atoms with Crippen molar-refractivity contribution in [2.24, 2.45) is 0 Å². The summed E-state index contributed by atoms with van der Waals surface area (Å²) in [5.41, 5.74) is 1.29. The van der Waals surface area contributed by atoms with Crippen molar-refractivity contribution in [3.63, 3.8) is 0 Å². The number of fused-ring (bicyclic) bond motifs is 2. The van der Waals surface area contributed by atoms with E-state index in [1.165, 1.54) is 44.5 Å². The Kier molecular flexibility index (Phi) is 3.42. The summed E-state index contributed by atoms with van der Waals surface area (Å²) in [5, 5.41) is 0. The van der Waals surface area contributed by atoms with Crippen molar-refractivity contribution in [3.05, 3.63) is 18.2 Å². The second kappa shape index (κ2) is 5.41. The summed E-state index contributed by atoms with van der Waals surface area (Å²) >= 11 is 0. The maximum atomic E-state index is 5.55. The molecule has 0 bridgehead atoms. The lowest BCUT2D eigenvalue weighted by atomic mass is 9.95. The molecular weight excluding hydrogens is 264 g/mol. The number of piperidine rings is 1. The van der Waals surface area contributed by atoms with Crippen LogP contribution in [0, 0.1) is 0 Å². The summed E-state index contributed by atoms with van der Waals surface area (Å²) < 4.78 is 11.0. The molecule has 3 heterocycles. The topological polar surface area (TPSA) is 24.9 Å². The van der Waals surface area contributed by atoms with Crippen LogP contribution in [0.2, 0.25) is 0 Å². The number of hydrogen-bond acceptors (Lipinski definition) is 4. The van der Waals surface area contributed by atoms with Gasteiger partial charge in [0.2, 0.25) is 6.79 Å². The highest BCUT2D eigenvalue weighted by Gasteiger charge is 2.34. The predicted molar refractivity (Wildman–Crippen MR) is 83.2 cm³/mol. The maximum absolute atomic E-state index is 5.55. The first-order chi connectivity index (χ1) is 10.3. The average molecular weight is 288 g/mol. The van der Waals surface area contributed by atoms with Crippen LogP contribution in [-0.2, 0) is 0 Å². The molecule has 3 aliphatic rings. The van der Waals surface area contributed by atoms with E-state index in [4.69, 9.17) is 9.47 Å². The van der Waals surface area contributed by atoms with E-state index in [0.717, 1.165) is 24.1 Å². The van der Waals surface area contributed by atoms with Crippen molar-refractivity contribution < 1.29 is 9.47 Å². The molecule has 2 fully saturated rings. The molecule has 2 atom stereocenters. The third-order valence-electron chi connectivity index (χ3n) is 5.20. The standard InChI is InChI=1S/C17H24N2O2/c1-2-13-10-18-8-4-3-5-15(18)11-19(13)14-6-7-16-17(9-14)21-12-20-16/h6-7,9,13,15H,2-5,8,10-12H2,1H3. The zero-order chi connectivity index (χ0) is 14.2. The molecule has 0 spiro atoms. The van der Waals surface area contributed by atoms with E-state index in [1.807, 2.05) is 0 Å². The molecule has 4 rings (SSSR count). The molecule has 1 aromatic rings. The minimum atomic E-state index is 0.354. The fourth-order valence-corrected chi connectivity index (χ4v) is 3.98. The highest BCUT2D eigenvalue weighted by atomic mass is 16.7. The molecule has 114 valence electrons. The van der Waals surface area contributed by atoms with Gasteiger partial charge in [-0.2, -0.15) is 0 Å². The van der Waals surface area contributed by atoms with Gasteiger partial charge in [-0.3, -0.25) is 4.90 Å². The van der Waals surface area contributed by atoms with Gasteiger partial charge in [0.1, 0.15) is 0 Å². The van der Waals surface area contributed by atoms with Crippen LogP contribution in [0.15, 0.2) is 18.2 Å². The van der Waals surface area contributed by atoms with Gasteiger partial charge in [0.05, 0.1) is 0 Å². The van der Waals surface area contributed by atoms with E-state index in [0.29, 0.717) is 12.8 Å². The second-order valence-corrected chi connectivity index (χ2v) is 6.40. The van der Waals surface area contributed by atoms with Gasteiger partial charge >= 0.3 is 0 Å². The zero-order valence-electron chi connectivity index (χ0n) is 12.8. The summed E-state index contributed by atoms with van der Waals surface area (Å²) in [6, 6.07) is 7.74. The first-order valence-corrected chi connectivity index (χ1v) is 8.25. The van der Waals surface area contributed by atoms with Gasteiger partial charge in [0.25, 0.3) is 0 Å². The molecule has 0 aromatic heterocycles. The van der Waals surface area contributed by atoms with Crippen molar-refractivity contribution in [2.75, 3.05) is 31.3 Å². The van der Waals surface area contributed by atoms with Crippen molar-refractivity contribution in [1.29, 1.82) is 0 Å². The maximum Gasteiger partial charge on any atom is 0.231 e. The Labute approximate surface area is 126 Å². The van der Waals surface area contributed by atoms with Gasteiger partial charge in [-0.05, 0) is 37.9 Å². The van der Waals surface area contributed by atoms with Crippen molar-refractivity contribution in [2.45, 2.75) is 44.7 Å². The van der Waals surface area contributed by atoms with Crippen LogP contribution in [0.5, 0.6) is 11.5 Å². The lowest BCUT2D eigenvalue weighted by Crippen LogP contribution is -2.59. The number of benzene rings is 1. The predicted octanol–water partition coefficient (Wildman–Crippen LogP) is 2.87. The van der Waals surface area contributed by atoms with Gasteiger partial charge < -0.3 is 14.4 Å². The van der Waals surface area contributed by atoms with Crippen molar-refractivity contribution in [3.8, 4) is 11.5 Å². The van der Waals surface area contributed by atoms with E-state index in [9.17, 15) is 0 Å². The third kappa shape index (κ3) is 2.35. The van der Waals surface area contributed by atoms with Crippen LogP contribution < -0.4 is 14.4 Å². The molecule has 0 saturated carbocycles. The molecule has 1 aromatic carbocycles. The Morgan fingerprint density at radius 3 is 2.95 bits per heavy atom. The Hall–Kier alpha value is -1.42. The minimum Gasteiger partial charge on any atom is -0.454 e. The highest BCUT2D eigenvalue weighted by molar-refractivity contribution is 5.58. The summed E-state index contributed by atoms with van der Waals surface area (Å²) in [5.74, 6) is 1.77. The first kappa shape index (κ1) is 13.3. The number of ether oxygens (including phenoxy) is 2. The second-order valence-electron chi connectivity index (χ2n) is 6.40. The summed E-state index contributed by atoms with van der Waals surface area (Å²) in [7, 11) is 0. The lowest BCUT2D eigenvalue weighted by Gasteiger charge is -2.49. The monoisotopic (exact) mass is 288 g/mol. The third-order valence-corrected chi connectivity index (χ3v) is 5.20. The fraction of sp³-hybridized carbons (Fsp3) is 0.647. The normalized spacial score (nSPS) is 28.5. The van der Waals surface area contributed by atoms with Crippen LogP contribution in [-0.4, -0.2) is 43.4 Å². The Bertz CT molecular complexity index is 520. The molecule has 2 saturated heterocycles. The van der Waals surface area contributed by atoms with E-state index in [-0.39, 0.29) is 0 Å². The molecule has 3 aliphatic heterocycles. The number of nitrogens with zero attached hydrogens (tertiary/aromatic N) is 2. The largest absolute Gasteiger partial charge is 0.454 e. The highest BCUT2D eigenvalue weighted by Crippen LogP contribution is 2.37. The van der Waals surface area contributed by atoms with Gasteiger partial charge in [-0.1, -0.05) is 13.3 Å². The SMILES string of the molecule is CCC1CN2CCCCC2CN1c1ccc2c(c1)OCO2. The van der Waals surface area contributed by atoms with Gasteiger partial charge in [-0.25, -0.2) is 0 Å². The molecule has 0 radical (unpaired) electrons. The quantitative estimate of drug-likeness (QED) is 0.835. The van der Waals surface area contributed by atoms with Crippen LogP contribution in [0.1, 0.15) is 32.6 Å². The summed E-state index contributed by atoms with van der Waals surface area (Å²) in [6.45, 7) is 6.30. The zero-order valence-corrected chi connectivity index (χ0v) is 12.8. The minimum absolute atomic E-state index is 0.354. The van der Waals surface area contributed by atoms with Crippen molar-refractivity contribution >= 4 is 5.69 Å². The smallest absolute Gasteiger partial charge is 0.231 e. The first-order valence-electron chi connectivity index (χ1n) is 8.25. The number of anilines is 1. The van der Waals surface area contributed by atoms with E-state index in [2.05, 4.69) is 34.9 Å². The lowest BCUT2D eigenvalue weighted by molar-refractivity contribution is 0.111. The Morgan fingerprint density at radius 1 is 1.14 bits per heavy atom. The van der Waals surface area contributed by atoms with Crippen LogP contribution in [0.3, 0.4) is 0 Å². The Balaban J connectivity index is 1.60. The van der Waals surface area contributed by atoms with Crippen LogP contribution in [0.4, 0.5) is 5.69 Å². The summed E-state index contributed by atoms with van der Waals surface area (Å²) in [6.07, 6.45) is 5.29. The number of hydrogen-bond donors (Lipinski definition) is 0. The summed E-state index contributed by atoms with van der Waals surface area (Å²) in [4.78, 5) is 5.30. The molecule has 4 heteroatoms. The van der Waals surface area contributed by atoms with Crippen LogP contribution in [0.25, 0.3) is 0 Å². The Morgan fingerprint density at radius 2 is 2.05 bits per heavy atom. The molecule has 21 heavy (non-hydrogen) atoms. The fourth-order valence-electron chi connectivity index (χ4n) is 3.98. The van der Waals surface area contributed by atoms with Gasteiger partial charge in [0, 0.05) is 36.9 Å². The molecule has 0 aliphatic carbocycles. The number of piperazine rings is 1. The number of rotatable bonds is 2. The van der Waals surface area contributed by atoms with E-state index < -0.39 is 0 Å². The molecule has 2 unspecified atom stereocenters.